The summed E-state index contributed by atoms with van der Waals surface area (Å²) in [7, 11) is 0. The first kappa shape index (κ1) is 14.7. The summed E-state index contributed by atoms with van der Waals surface area (Å²) in [6.45, 7) is 0. The van der Waals surface area contributed by atoms with Gasteiger partial charge < -0.3 is 4.42 Å². The zero-order chi connectivity index (χ0) is 16.4. The van der Waals surface area contributed by atoms with E-state index in [1.165, 1.54) is 0 Å². The molecular formula is C20H13ClN2O. The third-order valence-corrected chi connectivity index (χ3v) is 3.94. The Hall–Kier alpha value is -2.91. The van der Waals surface area contributed by atoms with Crippen LogP contribution in [0.15, 0.2) is 82.4 Å². The molecular weight excluding hydrogens is 320 g/mol. The van der Waals surface area contributed by atoms with Gasteiger partial charge in [-0.05, 0) is 47.5 Å². The maximum absolute atomic E-state index is 6.18. The molecule has 24 heavy (non-hydrogen) atoms. The molecule has 0 saturated carbocycles. The van der Waals surface area contributed by atoms with Gasteiger partial charge in [0.25, 0.3) is 0 Å². The number of benzene rings is 2. The van der Waals surface area contributed by atoms with Gasteiger partial charge in [0.1, 0.15) is 5.76 Å². The van der Waals surface area contributed by atoms with Gasteiger partial charge in [0.05, 0.1) is 18.0 Å². The minimum Gasteiger partial charge on any atom is -0.463 e. The van der Waals surface area contributed by atoms with E-state index in [0.717, 1.165) is 22.0 Å². The van der Waals surface area contributed by atoms with E-state index < -0.39 is 0 Å². The van der Waals surface area contributed by atoms with Gasteiger partial charge in [-0.25, -0.2) is 9.98 Å². The topological polar surface area (TPSA) is 38.4 Å². The minimum absolute atomic E-state index is 0.625. The van der Waals surface area contributed by atoms with Gasteiger partial charge in [-0.15, -0.1) is 0 Å². The molecule has 0 saturated heterocycles. The molecule has 4 heteroatoms. The lowest BCUT2D eigenvalue weighted by Gasteiger charge is -2.08. The van der Waals surface area contributed by atoms with Gasteiger partial charge >= 0.3 is 0 Å². The molecule has 0 aliphatic rings. The average Bonchev–Trinajstić information content (AvgIpc) is 3.14. The quantitative estimate of drug-likeness (QED) is 0.438. The molecule has 0 atom stereocenters. The van der Waals surface area contributed by atoms with Gasteiger partial charge in [-0.1, -0.05) is 41.9 Å². The van der Waals surface area contributed by atoms with E-state index >= 15 is 0 Å². The zero-order valence-corrected chi connectivity index (χ0v) is 13.4. The number of rotatable bonds is 3. The van der Waals surface area contributed by atoms with Crippen LogP contribution in [0.3, 0.4) is 0 Å². The average molecular weight is 333 g/mol. The smallest absolute Gasteiger partial charge is 0.153 e. The second-order valence-corrected chi connectivity index (χ2v) is 5.77. The van der Waals surface area contributed by atoms with Crippen molar-refractivity contribution in [1.29, 1.82) is 0 Å². The lowest BCUT2D eigenvalue weighted by molar-refractivity contribution is 0.560. The summed E-state index contributed by atoms with van der Waals surface area (Å²) >= 11 is 6.18. The molecule has 4 aromatic rings. The number of furan rings is 1. The van der Waals surface area contributed by atoms with Crippen molar-refractivity contribution >= 4 is 34.5 Å². The van der Waals surface area contributed by atoms with E-state index in [1.54, 1.807) is 12.5 Å². The Bertz CT molecular complexity index is 1010. The van der Waals surface area contributed by atoms with Gasteiger partial charge in [-0.2, -0.15) is 0 Å². The Morgan fingerprint density at radius 2 is 1.83 bits per heavy atom. The first-order valence-corrected chi connectivity index (χ1v) is 7.91. The van der Waals surface area contributed by atoms with E-state index in [9.17, 15) is 0 Å². The van der Waals surface area contributed by atoms with Gasteiger partial charge in [0.15, 0.2) is 5.82 Å². The second kappa shape index (κ2) is 6.30. The predicted octanol–water partition coefficient (Wildman–Crippen LogP) is 5.90. The lowest BCUT2D eigenvalue weighted by atomic mass is 10.0. The number of halogens is 1. The fraction of sp³-hybridized carbons (Fsp3) is 0. The number of aliphatic imine (C=N–C) groups is 1. The number of fused-ring (bicyclic) bond motifs is 1. The molecule has 0 aliphatic carbocycles. The number of pyridine rings is 1. The molecule has 0 N–H and O–H groups in total. The van der Waals surface area contributed by atoms with Crippen LogP contribution in [0.25, 0.3) is 22.0 Å². The molecule has 2 aromatic carbocycles. The van der Waals surface area contributed by atoms with Crippen molar-refractivity contribution in [2.24, 2.45) is 4.99 Å². The molecule has 0 amide bonds. The van der Waals surface area contributed by atoms with Crippen LogP contribution >= 0.6 is 11.6 Å². The normalized spacial score (nSPS) is 11.4. The third-order valence-electron chi connectivity index (χ3n) is 3.71. The summed E-state index contributed by atoms with van der Waals surface area (Å²) < 4.78 is 5.28. The van der Waals surface area contributed by atoms with Crippen LogP contribution < -0.4 is 0 Å². The van der Waals surface area contributed by atoms with E-state index in [2.05, 4.69) is 22.1 Å². The van der Waals surface area contributed by atoms with Gasteiger partial charge in [-0.3, -0.25) is 0 Å². The summed E-state index contributed by atoms with van der Waals surface area (Å²) in [5.41, 5.74) is 3.00. The Kier molecular flexibility index (Phi) is 3.85. The number of aromatic nitrogens is 1. The van der Waals surface area contributed by atoms with Crippen LogP contribution in [-0.2, 0) is 0 Å². The Balaban J connectivity index is 1.89. The monoisotopic (exact) mass is 332 g/mol. The summed E-state index contributed by atoms with van der Waals surface area (Å²) in [6.07, 6.45) is 3.28. The molecule has 2 heterocycles. The highest BCUT2D eigenvalue weighted by molar-refractivity contribution is 6.31. The molecule has 0 spiro atoms. The minimum atomic E-state index is 0.625. The van der Waals surface area contributed by atoms with Gasteiger partial charge in [0, 0.05) is 10.4 Å². The highest BCUT2D eigenvalue weighted by Crippen LogP contribution is 2.32. The van der Waals surface area contributed by atoms with Crippen molar-refractivity contribution in [3.63, 3.8) is 0 Å². The largest absolute Gasteiger partial charge is 0.463 e. The van der Waals surface area contributed by atoms with Gasteiger partial charge in [0.2, 0.25) is 0 Å². The van der Waals surface area contributed by atoms with Crippen LogP contribution in [0, 0.1) is 0 Å². The van der Waals surface area contributed by atoms with E-state index in [1.807, 2.05) is 54.6 Å². The van der Waals surface area contributed by atoms with Crippen molar-refractivity contribution in [2.75, 3.05) is 0 Å². The number of hydrogen-bond acceptors (Lipinski definition) is 3. The molecule has 0 radical (unpaired) electrons. The van der Waals surface area contributed by atoms with Crippen molar-refractivity contribution in [2.45, 2.75) is 0 Å². The standard InChI is InChI=1S/C20H13ClN2O/c21-15-8-9-19-18(11-15)17(14-5-2-1-3-6-14)12-20(23-19)22-13-16-7-4-10-24-16/h1-13H. The first-order chi connectivity index (χ1) is 11.8. The molecule has 0 bridgehead atoms. The molecule has 0 fully saturated rings. The molecule has 2 aromatic heterocycles. The first-order valence-electron chi connectivity index (χ1n) is 7.53. The predicted molar refractivity (Wildman–Crippen MR) is 98.2 cm³/mol. The van der Waals surface area contributed by atoms with Crippen molar-refractivity contribution in [3.8, 4) is 11.1 Å². The van der Waals surface area contributed by atoms with Crippen LogP contribution in [0.1, 0.15) is 5.76 Å². The van der Waals surface area contributed by atoms with Crippen LogP contribution in [0.5, 0.6) is 0 Å². The lowest BCUT2D eigenvalue weighted by Crippen LogP contribution is -1.86. The van der Waals surface area contributed by atoms with Crippen molar-refractivity contribution in [1.82, 2.24) is 4.98 Å². The Labute approximate surface area is 144 Å². The summed E-state index contributed by atoms with van der Waals surface area (Å²) in [6, 6.07) is 21.5. The van der Waals surface area contributed by atoms with Crippen LogP contribution in [-0.4, -0.2) is 11.2 Å². The maximum Gasteiger partial charge on any atom is 0.153 e. The third kappa shape index (κ3) is 2.94. The number of hydrogen-bond donors (Lipinski definition) is 0. The second-order valence-electron chi connectivity index (χ2n) is 5.33. The molecule has 4 rings (SSSR count). The highest BCUT2D eigenvalue weighted by Gasteiger charge is 2.08. The van der Waals surface area contributed by atoms with Crippen LogP contribution in [0.2, 0.25) is 5.02 Å². The summed E-state index contributed by atoms with van der Waals surface area (Å²) in [5.74, 6) is 1.31. The van der Waals surface area contributed by atoms with Crippen molar-refractivity contribution < 1.29 is 4.42 Å². The SMILES string of the molecule is Clc1ccc2nc(N=Cc3ccco3)cc(-c3ccccc3)c2c1. The molecule has 116 valence electrons. The molecule has 3 nitrogen and oxygen atoms in total. The zero-order valence-electron chi connectivity index (χ0n) is 12.7. The van der Waals surface area contributed by atoms with E-state index in [0.29, 0.717) is 16.6 Å². The Morgan fingerprint density at radius 3 is 2.62 bits per heavy atom. The Morgan fingerprint density at radius 1 is 0.958 bits per heavy atom. The van der Waals surface area contributed by atoms with Crippen molar-refractivity contribution in [3.05, 3.63) is 83.8 Å². The molecule has 0 unspecified atom stereocenters. The maximum atomic E-state index is 6.18. The fourth-order valence-electron chi connectivity index (χ4n) is 2.60. The fourth-order valence-corrected chi connectivity index (χ4v) is 2.77. The number of nitrogens with zero attached hydrogens (tertiary/aromatic N) is 2. The molecule has 0 aliphatic heterocycles. The summed E-state index contributed by atoms with van der Waals surface area (Å²) in [5, 5.41) is 1.69. The highest BCUT2D eigenvalue weighted by atomic mass is 35.5. The van der Waals surface area contributed by atoms with E-state index in [-0.39, 0.29) is 0 Å². The van der Waals surface area contributed by atoms with E-state index in [4.69, 9.17) is 16.0 Å². The summed E-state index contributed by atoms with van der Waals surface area (Å²) in [4.78, 5) is 9.05. The van der Waals surface area contributed by atoms with Crippen LogP contribution in [0.4, 0.5) is 5.82 Å².